The van der Waals surface area contributed by atoms with Crippen molar-refractivity contribution in [2.45, 2.75) is 20.8 Å². The predicted octanol–water partition coefficient (Wildman–Crippen LogP) is 2.24. The highest BCUT2D eigenvalue weighted by Gasteiger charge is 2.43. The predicted molar refractivity (Wildman–Crippen MR) is 78.7 cm³/mol. The van der Waals surface area contributed by atoms with Gasteiger partial charge in [-0.2, -0.15) is 0 Å². The molecule has 0 spiro atoms. The number of rotatable bonds is 3. The third-order valence-electron chi connectivity index (χ3n) is 3.90. The van der Waals surface area contributed by atoms with Crippen molar-refractivity contribution in [1.29, 1.82) is 0 Å². The number of anilines is 1. The third kappa shape index (κ3) is 2.72. The fourth-order valence-corrected chi connectivity index (χ4v) is 2.31. The van der Waals surface area contributed by atoms with E-state index in [9.17, 15) is 14.4 Å². The van der Waals surface area contributed by atoms with Crippen LogP contribution in [0.1, 0.15) is 25.0 Å². The molecule has 5 heteroatoms. The van der Waals surface area contributed by atoms with Crippen LogP contribution in [0.5, 0.6) is 0 Å². The monoisotopic (exact) mass is 287 g/mol. The summed E-state index contributed by atoms with van der Waals surface area (Å²) in [6.07, 6.45) is 2.49. The lowest BCUT2D eigenvalue weighted by atomic mass is 10.00. The number of hydrogen-bond donors (Lipinski definition) is 1. The van der Waals surface area contributed by atoms with Gasteiger partial charge in [-0.15, -0.1) is 0 Å². The number of nitrogens with zero attached hydrogens (tertiary/aromatic N) is 1. The molecule has 1 heterocycles. The molecule has 1 aliphatic rings. The molecule has 110 valence electrons. The van der Waals surface area contributed by atoms with Gasteiger partial charge >= 0.3 is 5.97 Å². The number of carboxylic acids is 1. The Kier molecular flexibility index (Phi) is 3.93. The Morgan fingerprint density at radius 3 is 2.29 bits per heavy atom. The van der Waals surface area contributed by atoms with Crippen LogP contribution < -0.4 is 4.90 Å². The fraction of sp³-hybridized carbons (Fsp3) is 0.312. The molecule has 1 aromatic rings. The fourth-order valence-electron chi connectivity index (χ4n) is 2.31. The second-order valence-electron chi connectivity index (χ2n) is 5.30. The number of aryl methyl sites for hydroxylation is 1. The number of carboxylic acid groups (broad SMARTS) is 1. The van der Waals surface area contributed by atoms with Crippen LogP contribution in [0.2, 0.25) is 0 Å². The molecular formula is C16H17NO4. The summed E-state index contributed by atoms with van der Waals surface area (Å²) in [6, 6.07) is 5.13. The molecule has 0 bridgehead atoms. The quantitative estimate of drug-likeness (QED) is 0.683. The van der Waals surface area contributed by atoms with E-state index in [1.807, 2.05) is 6.92 Å². The number of amides is 2. The minimum absolute atomic E-state index is 0.218. The summed E-state index contributed by atoms with van der Waals surface area (Å²) in [4.78, 5) is 36.2. The average Bonchev–Trinajstić information content (AvgIpc) is 2.62. The third-order valence-corrected chi connectivity index (χ3v) is 3.90. The van der Waals surface area contributed by atoms with Crippen LogP contribution in [0.15, 0.2) is 24.3 Å². The van der Waals surface area contributed by atoms with E-state index in [1.54, 1.807) is 32.0 Å². The Morgan fingerprint density at radius 1 is 1.19 bits per heavy atom. The SMILES string of the molecule is Cc1ccc(N2C(=O)C(C)C(C)C2=O)cc1/C=C/C(=O)O. The molecule has 0 aromatic heterocycles. The maximum atomic E-state index is 12.2. The molecule has 1 aromatic carbocycles. The van der Waals surface area contributed by atoms with Crippen LogP contribution in [-0.2, 0) is 14.4 Å². The molecule has 2 unspecified atom stereocenters. The van der Waals surface area contributed by atoms with E-state index in [1.165, 1.54) is 11.0 Å². The molecule has 0 aliphatic carbocycles. The number of benzene rings is 1. The maximum absolute atomic E-state index is 12.2. The van der Waals surface area contributed by atoms with E-state index in [-0.39, 0.29) is 23.7 Å². The normalized spacial score (nSPS) is 22.3. The highest BCUT2D eigenvalue weighted by atomic mass is 16.4. The lowest BCUT2D eigenvalue weighted by molar-refractivity contribution is -0.131. The highest BCUT2D eigenvalue weighted by molar-refractivity contribution is 6.21. The first kappa shape index (κ1) is 15.0. The Hall–Kier alpha value is -2.43. The van der Waals surface area contributed by atoms with Crippen molar-refractivity contribution in [3.8, 4) is 0 Å². The summed E-state index contributed by atoms with van der Waals surface area (Å²) < 4.78 is 0. The van der Waals surface area contributed by atoms with Gasteiger partial charge in [0.1, 0.15) is 0 Å². The van der Waals surface area contributed by atoms with Gasteiger partial charge in [0, 0.05) is 17.9 Å². The molecule has 1 N–H and O–H groups in total. The van der Waals surface area contributed by atoms with Gasteiger partial charge in [0.05, 0.1) is 5.69 Å². The van der Waals surface area contributed by atoms with Gasteiger partial charge in [0.25, 0.3) is 0 Å². The second-order valence-corrected chi connectivity index (χ2v) is 5.30. The van der Waals surface area contributed by atoms with Gasteiger partial charge in [-0.25, -0.2) is 4.79 Å². The van der Waals surface area contributed by atoms with Crippen LogP contribution in [-0.4, -0.2) is 22.9 Å². The van der Waals surface area contributed by atoms with E-state index in [4.69, 9.17) is 5.11 Å². The number of carbonyl (C=O) groups excluding carboxylic acids is 2. The summed E-state index contributed by atoms with van der Waals surface area (Å²) in [5.74, 6) is -2.15. The van der Waals surface area contributed by atoms with Gasteiger partial charge in [-0.05, 0) is 36.3 Å². The molecule has 0 radical (unpaired) electrons. The first-order chi connectivity index (χ1) is 9.82. The van der Waals surface area contributed by atoms with Gasteiger partial charge in [-0.1, -0.05) is 19.9 Å². The molecule has 1 aliphatic heterocycles. The summed E-state index contributed by atoms with van der Waals surface area (Å²) in [5, 5.41) is 8.69. The maximum Gasteiger partial charge on any atom is 0.328 e. The molecule has 5 nitrogen and oxygen atoms in total. The number of imide groups is 1. The molecule has 0 saturated carbocycles. The van der Waals surface area contributed by atoms with Gasteiger partial charge in [0.2, 0.25) is 11.8 Å². The smallest absolute Gasteiger partial charge is 0.328 e. The summed E-state index contributed by atoms with van der Waals surface area (Å²) >= 11 is 0. The van der Waals surface area contributed by atoms with Gasteiger partial charge < -0.3 is 5.11 Å². The van der Waals surface area contributed by atoms with Crippen LogP contribution in [0.4, 0.5) is 5.69 Å². The molecule has 2 rings (SSSR count). The number of carbonyl (C=O) groups is 3. The van der Waals surface area contributed by atoms with Crippen molar-refractivity contribution >= 4 is 29.5 Å². The Bertz CT molecular complexity index is 628. The van der Waals surface area contributed by atoms with E-state index in [0.717, 1.165) is 11.6 Å². The van der Waals surface area contributed by atoms with E-state index >= 15 is 0 Å². The van der Waals surface area contributed by atoms with Gasteiger partial charge in [-0.3, -0.25) is 14.5 Å². The Morgan fingerprint density at radius 2 is 1.76 bits per heavy atom. The van der Waals surface area contributed by atoms with Crippen LogP contribution in [0.3, 0.4) is 0 Å². The topological polar surface area (TPSA) is 74.7 Å². The average molecular weight is 287 g/mol. The Balaban J connectivity index is 2.42. The van der Waals surface area contributed by atoms with Crippen molar-refractivity contribution in [3.63, 3.8) is 0 Å². The van der Waals surface area contributed by atoms with E-state index < -0.39 is 5.97 Å². The van der Waals surface area contributed by atoms with E-state index in [2.05, 4.69) is 0 Å². The second kappa shape index (κ2) is 5.52. The minimum atomic E-state index is -1.05. The standard InChI is InChI=1S/C16H17NO4/c1-9-4-6-13(8-12(9)5-7-14(18)19)17-15(20)10(2)11(3)16(17)21/h4-8,10-11H,1-3H3,(H,18,19)/b7-5+. The zero-order valence-corrected chi connectivity index (χ0v) is 12.2. The summed E-state index contributed by atoms with van der Waals surface area (Å²) in [6.45, 7) is 5.32. The minimum Gasteiger partial charge on any atom is -0.478 e. The van der Waals surface area contributed by atoms with Crippen LogP contribution in [0.25, 0.3) is 6.08 Å². The van der Waals surface area contributed by atoms with Crippen LogP contribution >= 0.6 is 0 Å². The van der Waals surface area contributed by atoms with Crippen LogP contribution in [0, 0.1) is 18.8 Å². The molecule has 1 saturated heterocycles. The van der Waals surface area contributed by atoms with Crippen molar-refractivity contribution in [2.75, 3.05) is 4.90 Å². The van der Waals surface area contributed by atoms with Crippen molar-refractivity contribution in [3.05, 3.63) is 35.4 Å². The summed E-state index contributed by atoms with van der Waals surface area (Å²) in [7, 11) is 0. The Labute approximate surface area is 122 Å². The van der Waals surface area contributed by atoms with Crippen molar-refractivity contribution in [1.82, 2.24) is 0 Å². The summed E-state index contributed by atoms with van der Waals surface area (Å²) in [5.41, 5.74) is 2.02. The van der Waals surface area contributed by atoms with Gasteiger partial charge in [0.15, 0.2) is 0 Å². The largest absolute Gasteiger partial charge is 0.478 e. The zero-order valence-electron chi connectivity index (χ0n) is 12.2. The molecule has 21 heavy (non-hydrogen) atoms. The lowest BCUT2D eigenvalue weighted by Gasteiger charge is -2.16. The molecule has 2 atom stereocenters. The van der Waals surface area contributed by atoms with Crippen molar-refractivity contribution < 1.29 is 19.5 Å². The van der Waals surface area contributed by atoms with E-state index in [0.29, 0.717) is 11.3 Å². The zero-order chi connectivity index (χ0) is 15.7. The lowest BCUT2D eigenvalue weighted by Crippen LogP contribution is -2.30. The molecule has 2 amide bonds. The molecular weight excluding hydrogens is 270 g/mol. The number of aliphatic carboxylic acids is 1. The number of hydrogen-bond acceptors (Lipinski definition) is 3. The highest BCUT2D eigenvalue weighted by Crippen LogP contribution is 2.31. The first-order valence-electron chi connectivity index (χ1n) is 6.72. The van der Waals surface area contributed by atoms with Crippen molar-refractivity contribution in [2.24, 2.45) is 11.8 Å². The first-order valence-corrected chi connectivity index (χ1v) is 6.72. The molecule has 1 fully saturated rings.